The number of carbonyl (C=O) groups is 1. The smallest absolute Gasteiger partial charge is 0.308 e. The van der Waals surface area contributed by atoms with Crippen molar-refractivity contribution < 1.29 is 23.4 Å². The summed E-state index contributed by atoms with van der Waals surface area (Å²) in [6.07, 6.45) is 0.198. The van der Waals surface area contributed by atoms with E-state index in [1.54, 1.807) is 6.92 Å². The largest absolute Gasteiger partial charge is 0.481 e. The van der Waals surface area contributed by atoms with Crippen LogP contribution in [0.25, 0.3) is 0 Å². The molecular formula is C11H17NO5S2. The molecule has 1 rings (SSSR count). The van der Waals surface area contributed by atoms with Crippen LogP contribution < -0.4 is 0 Å². The number of aliphatic hydroxyl groups excluding tert-OH is 1. The van der Waals surface area contributed by atoms with Gasteiger partial charge < -0.3 is 10.2 Å². The summed E-state index contributed by atoms with van der Waals surface area (Å²) in [4.78, 5) is 11.1. The van der Waals surface area contributed by atoms with E-state index in [4.69, 9.17) is 10.2 Å². The Bertz CT molecular complexity index is 523. The van der Waals surface area contributed by atoms with Crippen molar-refractivity contribution in [1.29, 1.82) is 0 Å². The number of carboxylic acid groups (broad SMARTS) is 1. The Morgan fingerprint density at radius 1 is 1.42 bits per heavy atom. The van der Waals surface area contributed by atoms with E-state index in [0.29, 0.717) is 17.8 Å². The van der Waals surface area contributed by atoms with E-state index >= 15 is 0 Å². The molecule has 6 nitrogen and oxygen atoms in total. The van der Waals surface area contributed by atoms with Gasteiger partial charge in [-0.3, -0.25) is 4.79 Å². The zero-order chi connectivity index (χ0) is 14.5. The molecule has 0 aliphatic rings. The minimum Gasteiger partial charge on any atom is -0.481 e. The molecule has 0 radical (unpaired) electrons. The number of nitrogens with zero attached hydrogens (tertiary/aromatic N) is 1. The molecule has 0 bridgehead atoms. The fourth-order valence-corrected chi connectivity index (χ4v) is 4.55. The van der Waals surface area contributed by atoms with Crippen molar-refractivity contribution in [3.8, 4) is 0 Å². The third kappa shape index (κ3) is 4.27. The molecule has 0 atom stereocenters. The van der Waals surface area contributed by atoms with Gasteiger partial charge in [-0.1, -0.05) is 6.92 Å². The molecule has 0 spiro atoms. The van der Waals surface area contributed by atoms with Crippen molar-refractivity contribution in [3.05, 3.63) is 17.0 Å². The fourth-order valence-electron chi connectivity index (χ4n) is 1.56. The lowest BCUT2D eigenvalue weighted by molar-refractivity contribution is -0.136. The SMILES string of the molecule is CCN(CCCO)S(=O)(=O)c1ccc(CC(=O)O)s1. The van der Waals surface area contributed by atoms with Gasteiger partial charge in [0.2, 0.25) is 0 Å². The first-order valence-corrected chi connectivity index (χ1v) is 8.09. The van der Waals surface area contributed by atoms with E-state index in [2.05, 4.69) is 0 Å². The monoisotopic (exact) mass is 307 g/mol. The van der Waals surface area contributed by atoms with Crippen molar-refractivity contribution in [1.82, 2.24) is 4.31 Å². The fraction of sp³-hybridized carbons (Fsp3) is 0.545. The predicted molar refractivity (Wildman–Crippen MR) is 71.8 cm³/mol. The van der Waals surface area contributed by atoms with Crippen LogP contribution in [0.4, 0.5) is 0 Å². The molecule has 108 valence electrons. The first-order chi connectivity index (χ1) is 8.91. The summed E-state index contributed by atoms with van der Waals surface area (Å²) in [7, 11) is -3.59. The standard InChI is InChI=1S/C11H17NO5S2/c1-2-12(6-3-7-13)19(16,17)11-5-4-9(18-11)8-10(14)15/h4-5,13H,2-3,6-8H2,1H3,(H,14,15). The number of aliphatic carboxylic acids is 1. The number of rotatable bonds is 8. The summed E-state index contributed by atoms with van der Waals surface area (Å²) < 4.78 is 26.0. The first kappa shape index (κ1) is 16.1. The number of hydrogen-bond donors (Lipinski definition) is 2. The van der Waals surface area contributed by atoms with Crippen molar-refractivity contribution >= 4 is 27.3 Å². The maximum Gasteiger partial charge on any atom is 0.308 e. The highest BCUT2D eigenvalue weighted by Gasteiger charge is 2.24. The van der Waals surface area contributed by atoms with Crippen molar-refractivity contribution in [3.63, 3.8) is 0 Å². The van der Waals surface area contributed by atoms with Crippen LogP contribution in [0.2, 0.25) is 0 Å². The molecule has 1 aromatic heterocycles. The van der Waals surface area contributed by atoms with E-state index in [9.17, 15) is 13.2 Å². The zero-order valence-electron chi connectivity index (χ0n) is 10.6. The molecule has 0 unspecified atom stereocenters. The Kier molecular flexibility index (Phi) is 5.92. The topological polar surface area (TPSA) is 94.9 Å². The molecule has 19 heavy (non-hydrogen) atoms. The molecule has 0 saturated heterocycles. The summed E-state index contributed by atoms with van der Waals surface area (Å²) in [5.41, 5.74) is 0. The molecule has 1 aromatic rings. The lowest BCUT2D eigenvalue weighted by Crippen LogP contribution is -2.31. The summed E-state index contributed by atoms with van der Waals surface area (Å²) in [5, 5.41) is 17.4. The minimum atomic E-state index is -3.59. The summed E-state index contributed by atoms with van der Waals surface area (Å²) in [6.45, 7) is 2.22. The summed E-state index contributed by atoms with van der Waals surface area (Å²) in [5.74, 6) is -0.988. The summed E-state index contributed by atoms with van der Waals surface area (Å²) >= 11 is 0.972. The second kappa shape index (κ2) is 6.99. The Hall–Kier alpha value is -0.960. The maximum atomic E-state index is 12.3. The van der Waals surface area contributed by atoms with E-state index < -0.39 is 16.0 Å². The second-order valence-corrected chi connectivity index (χ2v) is 7.20. The Balaban J connectivity index is 2.91. The Morgan fingerprint density at radius 2 is 2.11 bits per heavy atom. The summed E-state index contributed by atoms with van der Waals surface area (Å²) in [6, 6.07) is 2.95. The lowest BCUT2D eigenvalue weighted by atomic mass is 10.3. The van der Waals surface area contributed by atoms with E-state index in [1.807, 2.05) is 0 Å². The van der Waals surface area contributed by atoms with Crippen LogP contribution in [0.5, 0.6) is 0 Å². The average molecular weight is 307 g/mol. The quantitative estimate of drug-likeness (QED) is 0.739. The number of sulfonamides is 1. The average Bonchev–Trinajstić information content (AvgIpc) is 2.78. The van der Waals surface area contributed by atoms with Gasteiger partial charge in [-0.2, -0.15) is 4.31 Å². The zero-order valence-corrected chi connectivity index (χ0v) is 12.2. The van der Waals surface area contributed by atoms with Crippen molar-refractivity contribution in [2.45, 2.75) is 24.0 Å². The number of hydrogen-bond acceptors (Lipinski definition) is 5. The molecular weight excluding hydrogens is 290 g/mol. The molecule has 0 aromatic carbocycles. The van der Waals surface area contributed by atoms with Gasteiger partial charge in [0.05, 0.1) is 6.42 Å². The molecule has 0 aliphatic heterocycles. The molecule has 2 N–H and O–H groups in total. The number of thiophene rings is 1. The molecule has 0 fully saturated rings. The van der Waals surface area contributed by atoms with Crippen molar-refractivity contribution in [2.24, 2.45) is 0 Å². The third-order valence-electron chi connectivity index (χ3n) is 2.47. The predicted octanol–water partition coefficient (Wildman–Crippen LogP) is 0.768. The molecule has 8 heteroatoms. The van der Waals surface area contributed by atoms with Gasteiger partial charge in [0.25, 0.3) is 10.0 Å². The highest BCUT2D eigenvalue weighted by molar-refractivity contribution is 7.91. The van der Waals surface area contributed by atoms with E-state index in [-0.39, 0.29) is 23.8 Å². The highest BCUT2D eigenvalue weighted by atomic mass is 32.2. The highest BCUT2D eigenvalue weighted by Crippen LogP contribution is 2.25. The van der Waals surface area contributed by atoms with Gasteiger partial charge in [-0.15, -0.1) is 11.3 Å². The van der Waals surface area contributed by atoms with Gasteiger partial charge in [-0.25, -0.2) is 8.42 Å². The third-order valence-corrected chi connectivity index (χ3v) is 6.00. The van der Waals surface area contributed by atoms with Gasteiger partial charge in [-0.05, 0) is 18.6 Å². The van der Waals surface area contributed by atoms with Crippen LogP contribution in [-0.2, 0) is 21.2 Å². The molecule has 1 heterocycles. The first-order valence-electron chi connectivity index (χ1n) is 5.83. The van der Waals surface area contributed by atoms with Gasteiger partial charge >= 0.3 is 5.97 Å². The van der Waals surface area contributed by atoms with Crippen LogP contribution in [0.1, 0.15) is 18.2 Å². The molecule has 0 saturated carbocycles. The van der Waals surface area contributed by atoms with Gasteiger partial charge in [0, 0.05) is 24.6 Å². The Labute approximate surface area is 116 Å². The van der Waals surface area contributed by atoms with Gasteiger partial charge in [0.1, 0.15) is 4.21 Å². The lowest BCUT2D eigenvalue weighted by Gasteiger charge is -2.18. The van der Waals surface area contributed by atoms with Crippen LogP contribution in [-0.4, -0.2) is 48.6 Å². The molecule has 0 aliphatic carbocycles. The normalized spacial score (nSPS) is 11.9. The van der Waals surface area contributed by atoms with E-state index in [0.717, 1.165) is 11.3 Å². The minimum absolute atomic E-state index is 0.0687. The number of aliphatic hydroxyl groups is 1. The Morgan fingerprint density at radius 3 is 2.63 bits per heavy atom. The van der Waals surface area contributed by atoms with Gasteiger partial charge in [0.15, 0.2) is 0 Å². The molecule has 0 amide bonds. The van der Waals surface area contributed by atoms with Crippen LogP contribution in [0, 0.1) is 0 Å². The second-order valence-electron chi connectivity index (χ2n) is 3.87. The number of carboxylic acids is 1. The van der Waals surface area contributed by atoms with E-state index in [1.165, 1.54) is 16.4 Å². The van der Waals surface area contributed by atoms with Crippen LogP contribution >= 0.6 is 11.3 Å². The van der Waals surface area contributed by atoms with Crippen LogP contribution in [0.3, 0.4) is 0 Å². The maximum absolute atomic E-state index is 12.3. The van der Waals surface area contributed by atoms with Crippen LogP contribution in [0.15, 0.2) is 16.3 Å². The van der Waals surface area contributed by atoms with Crippen molar-refractivity contribution in [2.75, 3.05) is 19.7 Å².